The van der Waals surface area contributed by atoms with Crippen LogP contribution in [0.1, 0.15) is 20.8 Å². The van der Waals surface area contributed by atoms with E-state index in [0.29, 0.717) is 11.6 Å². The Morgan fingerprint density at radius 2 is 1.69 bits per heavy atom. The molecule has 0 saturated carbocycles. The van der Waals surface area contributed by atoms with Crippen molar-refractivity contribution >= 4 is 17.3 Å². The Kier molecular flexibility index (Phi) is 3.93. The van der Waals surface area contributed by atoms with Gasteiger partial charge in [-0.1, -0.05) is 20.8 Å². The van der Waals surface area contributed by atoms with Crippen molar-refractivity contribution in [3.63, 3.8) is 0 Å². The van der Waals surface area contributed by atoms with Gasteiger partial charge in [-0.15, -0.1) is 0 Å². The molecule has 0 aliphatic rings. The highest BCUT2D eigenvalue weighted by Crippen LogP contribution is 2.19. The number of nitrogens with two attached hydrogens (primary N) is 1. The first-order valence-electron chi connectivity index (χ1n) is 5.56. The summed E-state index contributed by atoms with van der Waals surface area (Å²) in [7, 11) is 1.80. The predicted molar refractivity (Wildman–Crippen MR) is 68.3 cm³/mol. The molecule has 1 atom stereocenters. The fourth-order valence-corrected chi connectivity index (χ4v) is 1.42. The average Bonchev–Trinajstić information content (AvgIpc) is 2.27. The fourth-order valence-electron chi connectivity index (χ4n) is 1.42. The summed E-state index contributed by atoms with van der Waals surface area (Å²) in [5, 5.41) is 0. The van der Waals surface area contributed by atoms with Gasteiger partial charge in [0.15, 0.2) is 0 Å². The van der Waals surface area contributed by atoms with Crippen molar-refractivity contribution in [1.29, 1.82) is 0 Å². The van der Waals surface area contributed by atoms with Crippen LogP contribution in [0.2, 0.25) is 0 Å². The zero-order valence-electron chi connectivity index (χ0n) is 10.4. The SMILES string of the molecule is CC(C)C(C)C(=O)N(C)c1ccc(N)cc1. The molecule has 0 bridgehead atoms. The largest absolute Gasteiger partial charge is 0.399 e. The summed E-state index contributed by atoms with van der Waals surface area (Å²) in [6.45, 7) is 6.07. The van der Waals surface area contributed by atoms with Crippen LogP contribution in [0.5, 0.6) is 0 Å². The van der Waals surface area contributed by atoms with E-state index >= 15 is 0 Å². The monoisotopic (exact) mass is 220 g/mol. The number of nitrogen functional groups attached to an aromatic ring is 1. The molecule has 0 spiro atoms. The molecule has 1 unspecified atom stereocenters. The van der Waals surface area contributed by atoms with Gasteiger partial charge in [0, 0.05) is 24.3 Å². The summed E-state index contributed by atoms with van der Waals surface area (Å²) in [5.41, 5.74) is 7.20. The summed E-state index contributed by atoms with van der Waals surface area (Å²) in [6.07, 6.45) is 0. The molecule has 3 nitrogen and oxygen atoms in total. The number of benzene rings is 1. The zero-order chi connectivity index (χ0) is 12.3. The van der Waals surface area contributed by atoms with Gasteiger partial charge in [0.25, 0.3) is 0 Å². The number of carbonyl (C=O) groups excluding carboxylic acids is 1. The number of hydrogen-bond donors (Lipinski definition) is 1. The molecule has 1 rings (SSSR count). The van der Waals surface area contributed by atoms with E-state index in [0.717, 1.165) is 5.69 Å². The molecule has 0 fully saturated rings. The van der Waals surface area contributed by atoms with E-state index in [4.69, 9.17) is 5.73 Å². The molecule has 3 heteroatoms. The second kappa shape index (κ2) is 5.01. The molecule has 0 heterocycles. The van der Waals surface area contributed by atoms with E-state index in [9.17, 15) is 4.79 Å². The Balaban J connectivity index is 2.82. The van der Waals surface area contributed by atoms with E-state index in [1.165, 1.54) is 0 Å². The van der Waals surface area contributed by atoms with Crippen molar-refractivity contribution < 1.29 is 4.79 Å². The molecule has 2 N–H and O–H groups in total. The maximum absolute atomic E-state index is 12.1. The van der Waals surface area contributed by atoms with E-state index in [1.807, 2.05) is 19.1 Å². The van der Waals surface area contributed by atoms with Gasteiger partial charge in [0.1, 0.15) is 0 Å². The van der Waals surface area contributed by atoms with Crippen molar-refractivity contribution in [3.8, 4) is 0 Å². The Hall–Kier alpha value is -1.51. The van der Waals surface area contributed by atoms with Crippen LogP contribution in [0.4, 0.5) is 11.4 Å². The van der Waals surface area contributed by atoms with Crippen LogP contribution in [-0.2, 0) is 4.79 Å². The Labute approximate surface area is 97.2 Å². The summed E-state index contributed by atoms with van der Waals surface area (Å²) in [4.78, 5) is 13.7. The van der Waals surface area contributed by atoms with Crippen LogP contribution in [-0.4, -0.2) is 13.0 Å². The van der Waals surface area contributed by atoms with Gasteiger partial charge in [0.2, 0.25) is 5.91 Å². The van der Waals surface area contributed by atoms with E-state index in [-0.39, 0.29) is 11.8 Å². The van der Waals surface area contributed by atoms with Crippen molar-refractivity contribution in [2.24, 2.45) is 11.8 Å². The van der Waals surface area contributed by atoms with E-state index in [1.54, 1.807) is 24.1 Å². The third-order valence-electron chi connectivity index (χ3n) is 3.00. The number of carbonyl (C=O) groups is 1. The van der Waals surface area contributed by atoms with Crippen LogP contribution in [0.3, 0.4) is 0 Å². The quantitative estimate of drug-likeness (QED) is 0.796. The lowest BCUT2D eigenvalue weighted by atomic mass is 9.96. The number of nitrogens with zero attached hydrogens (tertiary/aromatic N) is 1. The van der Waals surface area contributed by atoms with E-state index < -0.39 is 0 Å². The zero-order valence-corrected chi connectivity index (χ0v) is 10.4. The van der Waals surface area contributed by atoms with Crippen molar-refractivity contribution in [2.45, 2.75) is 20.8 Å². The van der Waals surface area contributed by atoms with Gasteiger partial charge < -0.3 is 10.6 Å². The molecule has 88 valence electrons. The maximum atomic E-state index is 12.1. The Morgan fingerprint density at radius 1 is 1.19 bits per heavy atom. The normalized spacial score (nSPS) is 12.6. The molecular weight excluding hydrogens is 200 g/mol. The van der Waals surface area contributed by atoms with Crippen LogP contribution in [0, 0.1) is 11.8 Å². The molecule has 0 saturated heterocycles. The van der Waals surface area contributed by atoms with E-state index in [2.05, 4.69) is 13.8 Å². The standard InChI is InChI=1S/C13H20N2O/c1-9(2)10(3)13(16)15(4)12-7-5-11(14)6-8-12/h5-10H,14H2,1-4H3. The molecule has 1 amide bonds. The molecule has 0 aromatic heterocycles. The number of rotatable bonds is 3. The second-order valence-corrected chi connectivity index (χ2v) is 4.52. The Morgan fingerprint density at radius 3 is 2.12 bits per heavy atom. The third kappa shape index (κ3) is 2.75. The summed E-state index contributed by atoms with van der Waals surface area (Å²) >= 11 is 0. The molecular formula is C13H20N2O. The maximum Gasteiger partial charge on any atom is 0.229 e. The first-order valence-corrected chi connectivity index (χ1v) is 5.56. The minimum atomic E-state index is 0.0301. The third-order valence-corrected chi connectivity index (χ3v) is 3.00. The first kappa shape index (κ1) is 12.6. The van der Waals surface area contributed by atoms with Gasteiger partial charge in [-0.25, -0.2) is 0 Å². The number of amides is 1. The van der Waals surface area contributed by atoms with Gasteiger partial charge in [-0.2, -0.15) is 0 Å². The summed E-state index contributed by atoms with van der Waals surface area (Å²) in [6, 6.07) is 7.33. The highest BCUT2D eigenvalue weighted by molar-refractivity contribution is 5.94. The van der Waals surface area contributed by atoms with Crippen molar-refractivity contribution in [2.75, 3.05) is 17.7 Å². The average molecular weight is 220 g/mol. The minimum Gasteiger partial charge on any atom is -0.399 e. The van der Waals surface area contributed by atoms with Crippen molar-refractivity contribution in [1.82, 2.24) is 0 Å². The second-order valence-electron chi connectivity index (χ2n) is 4.52. The number of hydrogen-bond acceptors (Lipinski definition) is 2. The Bertz CT molecular complexity index is 357. The molecule has 1 aromatic carbocycles. The lowest BCUT2D eigenvalue weighted by Gasteiger charge is -2.23. The molecule has 1 aromatic rings. The highest BCUT2D eigenvalue weighted by atomic mass is 16.2. The fraction of sp³-hybridized carbons (Fsp3) is 0.462. The summed E-state index contributed by atoms with van der Waals surface area (Å²) in [5.74, 6) is 0.519. The topological polar surface area (TPSA) is 46.3 Å². The number of anilines is 2. The van der Waals surface area contributed by atoms with Gasteiger partial charge >= 0.3 is 0 Å². The lowest BCUT2D eigenvalue weighted by molar-refractivity contribution is -0.122. The molecule has 0 aliphatic heterocycles. The van der Waals surface area contributed by atoms with Gasteiger partial charge in [-0.05, 0) is 30.2 Å². The van der Waals surface area contributed by atoms with Crippen LogP contribution < -0.4 is 10.6 Å². The molecule has 0 aliphatic carbocycles. The molecule has 0 radical (unpaired) electrons. The smallest absolute Gasteiger partial charge is 0.229 e. The van der Waals surface area contributed by atoms with Crippen LogP contribution in [0.15, 0.2) is 24.3 Å². The van der Waals surface area contributed by atoms with Gasteiger partial charge in [-0.3, -0.25) is 4.79 Å². The molecule has 16 heavy (non-hydrogen) atoms. The highest BCUT2D eigenvalue weighted by Gasteiger charge is 2.21. The minimum absolute atomic E-state index is 0.0301. The first-order chi connectivity index (χ1) is 7.43. The van der Waals surface area contributed by atoms with Gasteiger partial charge in [0.05, 0.1) is 0 Å². The van der Waals surface area contributed by atoms with Crippen LogP contribution in [0.25, 0.3) is 0 Å². The summed E-state index contributed by atoms with van der Waals surface area (Å²) < 4.78 is 0. The predicted octanol–water partition coefficient (Wildman–Crippen LogP) is 2.52. The lowest BCUT2D eigenvalue weighted by Crippen LogP contribution is -2.33. The van der Waals surface area contributed by atoms with Crippen molar-refractivity contribution in [3.05, 3.63) is 24.3 Å². The van der Waals surface area contributed by atoms with Crippen LogP contribution >= 0.6 is 0 Å².